The molecule has 1 atom stereocenters. The second-order valence-corrected chi connectivity index (χ2v) is 7.46. The Morgan fingerprint density at radius 1 is 1.29 bits per heavy atom. The Morgan fingerprint density at radius 2 is 2.00 bits per heavy atom. The standard InChI is InChI=1S/C21H24O7/c1-11-7-13-10-27-20(24)17-15(28-18(13)14(22)8-11)6-5-12(19(17)26-4)9-16(23)21(2,3)25/h5-8,16,22-23,25H,9-10H2,1-4H3. The number of carbonyl (C=O) groups excluding carboxylic acids is 1. The number of carbonyl (C=O) groups is 1. The summed E-state index contributed by atoms with van der Waals surface area (Å²) in [5.74, 6) is -0.118. The lowest BCUT2D eigenvalue weighted by Gasteiger charge is -2.26. The highest BCUT2D eigenvalue weighted by Gasteiger charge is 2.31. The monoisotopic (exact) mass is 388 g/mol. The molecule has 1 heterocycles. The molecule has 1 aliphatic rings. The fourth-order valence-electron chi connectivity index (χ4n) is 3.12. The lowest BCUT2D eigenvalue weighted by Crippen LogP contribution is -2.37. The van der Waals surface area contributed by atoms with E-state index < -0.39 is 17.7 Å². The minimum Gasteiger partial charge on any atom is -0.504 e. The lowest BCUT2D eigenvalue weighted by atomic mass is 9.93. The second kappa shape index (κ2) is 7.33. The average molecular weight is 388 g/mol. The molecule has 0 radical (unpaired) electrons. The van der Waals surface area contributed by atoms with Gasteiger partial charge >= 0.3 is 5.97 Å². The van der Waals surface area contributed by atoms with Gasteiger partial charge in [0.25, 0.3) is 0 Å². The zero-order chi connectivity index (χ0) is 20.6. The van der Waals surface area contributed by atoms with E-state index in [1.165, 1.54) is 21.0 Å². The van der Waals surface area contributed by atoms with Crippen LogP contribution in [0, 0.1) is 6.92 Å². The maximum absolute atomic E-state index is 12.7. The van der Waals surface area contributed by atoms with Gasteiger partial charge in [-0.05, 0) is 50.1 Å². The number of aromatic hydroxyl groups is 1. The fraction of sp³-hybridized carbons (Fsp3) is 0.381. The van der Waals surface area contributed by atoms with E-state index >= 15 is 0 Å². The SMILES string of the molecule is COc1c(CC(O)C(C)(C)O)ccc2c1C(=O)OCc1cc(C)cc(O)c1O2. The van der Waals surface area contributed by atoms with E-state index in [0.29, 0.717) is 11.1 Å². The third kappa shape index (κ3) is 3.76. The first kappa shape index (κ1) is 20.0. The zero-order valence-corrected chi connectivity index (χ0v) is 16.3. The third-order valence-electron chi connectivity index (χ3n) is 4.70. The summed E-state index contributed by atoms with van der Waals surface area (Å²) >= 11 is 0. The van der Waals surface area contributed by atoms with Crippen LogP contribution >= 0.6 is 0 Å². The first-order chi connectivity index (χ1) is 13.1. The Bertz CT molecular complexity index is 912. The Kier molecular flexibility index (Phi) is 5.23. The van der Waals surface area contributed by atoms with E-state index in [9.17, 15) is 20.1 Å². The van der Waals surface area contributed by atoms with E-state index in [1.54, 1.807) is 24.3 Å². The molecule has 0 spiro atoms. The first-order valence-corrected chi connectivity index (χ1v) is 8.89. The minimum atomic E-state index is -1.32. The molecule has 0 aliphatic carbocycles. The van der Waals surface area contributed by atoms with Crippen molar-refractivity contribution in [1.29, 1.82) is 0 Å². The van der Waals surface area contributed by atoms with Gasteiger partial charge in [0.15, 0.2) is 11.5 Å². The number of rotatable bonds is 4. The van der Waals surface area contributed by atoms with Crippen molar-refractivity contribution in [3.05, 3.63) is 46.5 Å². The number of benzene rings is 2. The molecular formula is C21H24O7. The summed E-state index contributed by atoms with van der Waals surface area (Å²) in [7, 11) is 1.40. The molecule has 150 valence electrons. The molecular weight excluding hydrogens is 364 g/mol. The molecule has 7 heteroatoms. The predicted molar refractivity (Wildman–Crippen MR) is 101 cm³/mol. The molecule has 0 bridgehead atoms. The van der Waals surface area contributed by atoms with Crippen molar-refractivity contribution in [2.45, 2.75) is 45.5 Å². The number of ether oxygens (including phenoxy) is 3. The quantitative estimate of drug-likeness (QED) is 0.692. The second-order valence-electron chi connectivity index (χ2n) is 7.46. The van der Waals surface area contributed by atoms with Crippen molar-refractivity contribution >= 4 is 5.97 Å². The number of hydrogen-bond acceptors (Lipinski definition) is 7. The van der Waals surface area contributed by atoms with Gasteiger partial charge in [-0.1, -0.05) is 6.07 Å². The Balaban J connectivity index is 2.10. The van der Waals surface area contributed by atoms with Crippen LogP contribution < -0.4 is 9.47 Å². The average Bonchev–Trinajstić information content (AvgIpc) is 2.60. The Labute approximate surface area is 163 Å². The van der Waals surface area contributed by atoms with E-state index in [2.05, 4.69) is 0 Å². The predicted octanol–water partition coefficient (Wildman–Crippen LogP) is 2.85. The smallest absolute Gasteiger partial charge is 0.346 e. The number of aliphatic hydroxyl groups excluding tert-OH is 1. The summed E-state index contributed by atoms with van der Waals surface area (Å²) in [6.07, 6.45) is -1.01. The van der Waals surface area contributed by atoms with Crippen LogP contribution in [0.25, 0.3) is 0 Å². The van der Waals surface area contributed by atoms with E-state index in [4.69, 9.17) is 14.2 Å². The molecule has 2 aromatic rings. The largest absolute Gasteiger partial charge is 0.504 e. The summed E-state index contributed by atoms with van der Waals surface area (Å²) in [6.45, 7) is 4.74. The third-order valence-corrected chi connectivity index (χ3v) is 4.70. The van der Waals surface area contributed by atoms with Crippen LogP contribution in [0.1, 0.15) is 40.9 Å². The summed E-state index contributed by atoms with van der Waals surface area (Å²) in [4.78, 5) is 12.7. The number of cyclic esters (lactones) is 1. The zero-order valence-electron chi connectivity index (χ0n) is 16.3. The van der Waals surface area contributed by atoms with Crippen LogP contribution in [0.15, 0.2) is 24.3 Å². The molecule has 7 nitrogen and oxygen atoms in total. The maximum atomic E-state index is 12.7. The van der Waals surface area contributed by atoms with Crippen molar-refractivity contribution < 1.29 is 34.3 Å². The van der Waals surface area contributed by atoms with Crippen LogP contribution in [-0.4, -0.2) is 40.1 Å². The molecule has 1 unspecified atom stereocenters. The normalized spacial score (nSPS) is 14.7. The number of esters is 1. The molecule has 0 amide bonds. The summed E-state index contributed by atoms with van der Waals surface area (Å²) < 4.78 is 16.7. The van der Waals surface area contributed by atoms with Gasteiger partial charge in [-0.3, -0.25) is 0 Å². The van der Waals surface area contributed by atoms with Gasteiger partial charge in [0, 0.05) is 12.0 Å². The molecule has 0 saturated carbocycles. The van der Waals surface area contributed by atoms with Crippen molar-refractivity contribution in [2.24, 2.45) is 0 Å². The van der Waals surface area contributed by atoms with Gasteiger partial charge in [0.2, 0.25) is 0 Å². The highest BCUT2D eigenvalue weighted by molar-refractivity contribution is 5.96. The van der Waals surface area contributed by atoms with Crippen LogP contribution in [0.3, 0.4) is 0 Å². The van der Waals surface area contributed by atoms with Crippen LogP contribution in [0.2, 0.25) is 0 Å². The minimum absolute atomic E-state index is 0.0561. The number of hydrogen-bond donors (Lipinski definition) is 3. The van der Waals surface area contributed by atoms with Gasteiger partial charge in [0.1, 0.15) is 23.7 Å². The van der Waals surface area contributed by atoms with Crippen LogP contribution in [0.4, 0.5) is 0 Å². The molecule has 0 saturated heterocycles. The van der Waals surface area contributed by atoms with Gasteiger partial charge < -0.3 is 29.5 Å². The van der Waals surface area contributed by atoms with Gasteiger partial charge in [-0.2, -0.15) is 0 Å². The molecule has 0 fully saturated rings. The van der Waals surface area contributed by atoms with E-state index in [1.807, 2.05) is 6.92 Å². The van der Waals surface area contributed by atoms with Crippen molar-refractivity contribution in [3.8, 4) is 23.0 Å². The molecule has 28 heavy (non-hydrogen) atoms. The van der Waals surface area contributed by atoms with Gasteiger partial charge in [-0.25, -0.2) is 4.79 Å². The van der Waals surface area contributed by atoms with E-state index in [-0.39, 0.29) is 41.6 Å². The molecule has 3 rings (SSSR count). The highest BCUT2D eigenvalue weighted by Crippen LogP contribution is 2.42. The fourth-order valence-corrected chi connectivity index (χ4v) is 3.12. The van der Waals surface area contributed by atoms with Crippen LogP contribution in [-0.2, 0) is 17.8 Å². The number of fused-ring (bicyclic) bond motifs is 2. The first-order valence-electron chi connectivity index (χ1n) is 8.89. The number of phenolic OH excluding ortho intramolecular Hbond substituents is 1. The summed E-state index contributed by atoms with van der Waals surface area (Å²) in [6, 6.07) is 6.54. The lowest BCUT2D eigenvalue weighted by molar-refractivity contribution is -0.0471. The Morgan fingerprint density at radius 3 is 2.64 bits per heavy atom. The molecule has 2 aromatic carbocycles. The molecule has 0 aromatic heterocycles. The van der Waals surface area contributed by atoms with Crippen molar-refractivity contribution in [1.82, 2.24) is 0 Å². The molecule has 1 aliphatic heterocycles. The number of aryl methyl sites for hydroxylation is 1. The number of phenols is 1. The maximum Gasteiger partial charge on any atom is 0.346 e. The van der Waals surface area contributed by atoms with Gasteiger partial charge in [-0.15, -0.1) is 0 Å². The van der Waals surface area contributed by atoms with E-state index in [0.717, 1.165) is 5.56 Å². The summed E-state index contributed by atoms with van der Waals surface area (Å²) in [5, 5.41) is 30.5. The highest BCUT2D eigenvalue weighted by atomic mass is 16.5. The number of aliphatic hydroxyl groups is 2. The molecule has 3 N–H and O–H groups in total. The summed E-state index contributed by atoms with van der Waals surface area (Å²) in [5.41, 5.74) is 0.621. The number of methoxy groups -OCH3 is 1. The Hall–Kier alpha value is -2.77. The van der Waals surface area contributed by atoms with Crippen LogP contribution in [0.5, 0.6) is 23.0 Å². The topological polar surface area (TPSA) is 105 Å². The van der Waals surface area contributed by atoms with Crippen molar-refractivity contribution in [3.63, 3.8) is 0 Å². The van der Waals surface area contributed by atoms with Gasteiger partial charge in [0.05, 0.1) is 18.8 Å². The van der Waals surface area contributed by atoms with Crippen molar-refractivity contribution in [2.75, 3.05) is 7.11 Å².